The van der Waals surface area contributed by atoms with Crippen molar-refractivity contribution in [1.82, 2.24) is 0 Å². The molecule has 0 aliphatic rings. The zero-order valence-corrected chi connectivity index (χ0v) is 30.6. The third-order valence-corrected chi connectivity index (χ3v) is 12.5. The molecule has 0 atom stereocenters. The molecule has 1 aromatic heterocycles. The summed E-state index contributed by atoms with van der Waals surface area (Å²) < 4.78 is 2.56. The average molecular weight is 714 g/mol. The fourth-order valence-electron chi connectivity index (χ4n) is 9.09. The fraction of sp³-hybridized carbons (Fsp3) is 0. The van der Waals surface area contributed by atoms with Gasteiger partial charge >= 0.3 is 0 Å². The Morgan fingerprint density at radius 3 is 1.29 bits per heavy atom. The highest BCUT2D eigenvalue weighted by Gasteiger charge is 2.23. The molecule has 11 rings (SSSR count). The van der Waals surface area contributed by atoms with Gasteiger partial charge in [0.25, 0.3) is 0 Å². The van der Waals surface area contributed by atoms with E-state index in [2.05, 4.69) is 176 Å². The van der Waals surface area contributed by atoms with E-state index in [0.717, 1.165) is 21.9 Å². The van der Waals surface area contributed by atoms with Crippen molar-refractivity contribution >= 4 is 74.6 Å². The maximum atomic E-state index is 10.2. The molecule has 0 amide bonds. The molecule has 0 unspecified atom stereocenters. The molecule has 1 nitrogen and oxygen atoms in total. The van der Waals surface area contributed by atoms with E-state index in [1.54, 1.807) is 0 Å². The lowest BCUT2D eigenvalue weighted by atomic mass is 9.83. The molecule has 0 saturated heterocycles. The van der Waals surface area contributed by atoms with Gasteiger partial charge < -0.3 is 0 Å². The smallest absolute Gasteiger partial charge is 0.0998 e. The van der Waals surface area contributed by atoms with Crippen LogP contribution in [0.5, 0.6) is 0 Å². The van der Waals surface area contributed by atoms with Gasteiger partial charge in [0.1, 0.15) is 0 Å². The van der Waals surface area contributed by atoms with E-state index in [1.165, 1.54) is 85.9 Å². The topological polar surface area (TPSA) is 23.8 Å². The Morgan fingerprint density at radius 1 is 0.327 bits per heavy atom. The summed E-state index contributed by atoms with van der Waals surface area (Å²) in [5.41, 5.74) is 10.2. The summed E-state index contributed by atoms with van der Waals surface area (Å²) in [7, 11) is 0. The molecule has 0 saturated carbocycles. The zero-order valence-electron chi connectivity index (χ0n) is 29.8. The predicted octanol–water partition coefficient (Wildman–Crippen LogP) is 15.2. The maximum Gasteiger partial charge on any atom is 0.0998 e. The van der Waals surface area contributed by atoms with Crippen molar-refractivity contribution in [3.63, 3.8) is 0 Å². The van der Waals surface area contributed by atoms with Crippen molar-refractivity contribution in [2.45, 2.75) is 0 Å². The Labute approximate surface area is 322 Å². The van der Waals surface area contributed by atoms with Crippen molar-refractivity contribution in [1.29, 1.82) is 5.26 Å². The summed E-state index contributed by atoms with van der Waals surface area (Å²) in [5.74, 6) is 0. The number of thiophene rings is 1. The lowest BCUT2D eigenvalue weighted by Gasteiger charge is -2.19. The van der Waals surface area contributed by atoms with Crippen LogP contribution in [-0.4, -0.2) is 0 Å². The van der Waals surface area contributed by atoms with Crippen molar-refractivity contribution < 1.29 is 0 Å². The molecule has 2 heteroatoms. The molecule has 0 radical (unpaired) electrons. The first-order valence-corrected chi connectivity index (χ1v) is 19.5. The highest BCUT2D eigenvalue weighted by Crippen LogP contribution is 2.51. The highest BCUT2D eigenvalue weighted by molar-refractivity contribution is 7.26. The minimum Gasteiger partial charge on any atom is -0.192 e. The molecular weight excluding hydrogens is 683 g/mol. The summed E-state index contributed by atoms with van der Waals surface area (Å²) in [6, 6.07) is 70.2. The van der Waals surface area contributed by atoms with E-state index in [1.807, 2.05) is 29.5 Å². The van der Waals surface area contributed by atoms with Gasteiger partial charge in [-0.1, -0.05) is 176 Å². The van der Waals surface area contributed by atoms with E-state index in [0.29, 0.717) is 5.56 Å². The number of nitrogens with zero attached hydrogens (tertiary/aromatic N) is 1. The van der Waals surface area contributed by atoms with Crippen LogP contribution in [0.1, 0.15) is 5.56 Å². The summed E-state index contributed by atoms with van der Waals surface area (Å²) >= 11 is 1.89. The van der Waals surface area contributed by atoms with Crippen LogP contribution in [0.15, 0.2) is 188 Å². The predicted molar refractivity (Wildman–Crippen MR) is 236 cm³/mol. The van der Waals surface area contributed by atoms with Crippen molar-refractivity contribution in [3.05, 3.63) is 194 Å². The lowest BCUT2D eigenvalue weighted by molar-refractivity contribution is 1.48. The molecule has 0 bridgehead atoms. The van der Waals surface area contributed by atoms with E-state index in [9.17, 15) is 5.26 Å². The Hall–Kier alpha value is -7.05. The van der Waals surface area contributed by atoms with Crippen LogP contribution in [0.25, 0.3) is 108 Å². The maximum absolute atomic E-state index is 10.2. The molecule has 0 aliphatic carbocycles. The van der Waals surface area contributed by atoms with E-state index in [4.69, 9.17) is 0 Å². The van der Waals surface area contributed by atoms with Gasteiger partial charge in [0.15, 0.2) is 0 Å². The number of benzene rings is 10. The molecule has 10 aromatic carbocycles. The Morgan fingerprint density at radius 2 is 0.727 bits per heavy atom. The van der Waals surface area contributed by atoms with Gasteiger partial charge in [0.05, 0.1) is 11.6 Å². The molecule has 0 spiro atoms. The quantitative estimate of drug-likeness (QED) is 0.167. The number of fused-ring (bicyclic) bond motifs is 7. The van der Waals surface area contributed by atoms with Crippen molar-refractivity contribution in [3.8, 4) is 50.6 Å². The summed E-state index contributed by atoms with van der Waals surface area (Å²) in [5, 5.41) is 22.4. The lowest BCUT2D eigenvalue weighted by Crippen LogP contribution is -1.93. The number of rotatable bonds is 4. The first-order valence-electron chi connectivity index (χ1n) is 18.7. The van der Waals surface area contributed by atoms with Gasteiger partial charge in [-0.25, -0.2) is 0 Å². The van der Waals surface area contributed by atoms with Crippen LogP contribution in [0, 0.1) is 11.3 Å². The monoisotopic (exact) mass is 713 g/mol. The van der Waals surface area contributed by atoms with E-state index < -0.39 is 0 Å². The number of hydrogen-bond donors (Lipinski definition) is 0. The van der Waals surface area contributed by atoms with Crippen molar-refractivity contribution in [2.24, 2.45) is 0 Å². The summed E-state index contributed by atoms with van der Waals surface area (Å²) in [6.07, 6.45) is 0. The summed E-state index contributed by atoms with van der Waals surface area (Å²) in [6.45, 7) is 0. The molecular formula is C53H31NS. The highest BCUT2D eigenvalue weighted by atomic mass is 32.1. The first kappa shape index (κ1) is 31.5. The standard InChI is InChI=1S/C53H31NS/c54-32-34-18-4-5-19-35(34)49-40-24-10-12-26-42(40)50(43-27-13-11-25-41(43)49)44-28-15-31-47-52(44)46-30-14-29-45(53(46)55-47)51-38-22-8-6-20-36(38)48(33-16-2-1-3-17-33)37-21-7-9-23-39(37)51/h1-31H. The minimum absolute atomic E-state index is 0.681. The Bertz CT molecular complexity index is 3270. The van der Waals surface area contributed by atoms with Gasteiger partial charge in [-0.15, -0.1) is 11.3 Å². The molecule has 1 heterocycles. The van der Waals surface area contributed by atoms with Crippen LogP contribution in [-0.2, 0) is 0 Å². The van der Waals surface area contributed by atoms with Gasteiger partial charge in [0, 0.05) is 31.3 Å². The first-order chi connectivity index (χ1) is 27.3. The molecule has 0 N–H and O–H groups in total. The molecule has 11 aromatic rings. The second-order valence-electron chi connectivity index (χ2n) is 14.2. The second-order valence-corrected chi connectivity index (χ2v) is 15.2. The second kappa shape index (κ2) is 12.5. The molecule has 0 fully saturated rings. The van der Waals surface area contributed by atoms with Gasteiger partial charge in [-0.3, -0.25) is 0 Å². The van der Waals surface area contributed by atoms with Gasteiger partial charge in [-0.2, -0.15) is 5.26 Å². The van der Waals surface area contributed by atoms with Crippen LogP contribution in [0.4, 0.5) is 0 Å². The van der Waals surface area contributed by atoms with E-state index >= 15 is 0 Å². The molecule has 55 heavy (non-hydrogen) atoms. The SMILES string of the molecule is N#Cc1ccccc1-c1c2ccccc2c(-c2cccc3sc4c(-c5c6ccccc6c(-c6ccccc6)c6ccccc56)cccc4c23)c2ccccc12. The Balaban J connectivity index is 1.24. The number of nitriles is 1. The third kappa shape index (κ3) is 4.71. The third-order valence-electron chi connectivity index (χ3n) is 11.3. The van der Waals surface area contributed by atoms with Crippen molar-refractivity contribution in [2.75, 3.05) is 0 Å². The van der Waals surface area contributed by atoms with Crippen LogP contribution >= 0.6 is 11.3 Å². The van der Waals surface area contributed by atoms with E-state index in [-0.39, 0.29) is 0 Å². The van der Waals surface area contributed by atoms with Gasteiger partial charge in [-0.05, 0) is 88.6 Å². The Kier molecular flexibility index (Phi) is 7.17. The molecule has 0 aliphatic heterocycles. The number of hydrogen-bond acceptors (Lipinski definition) is 2. The van der Waals surface area contributed by atoms with Crippen LogP contribution < -0.4 is 0 Å². The minimum atomic E-state index is 0.681. The van der Waals surface area contributed by atoms with Crippen LogP contribution in [0.3, 0.4) is 0 Å². The fourth-order valence-corrected chi connectivity index (χ4v) is 10.3. The largest absolute Gasteiger partial charge is 0.192 e. The molecule has 254 valence electrons. The normalized spacial score (nSPS) is 11.6. The van der Waals surface area contributed by atoms with Crippen LogP contribution in [0.2, 0.25) is 0 Å². The van der Waals surface area contributed by atoms with Gasteiger partial charge in [0.2, 0.25) is 0 Å². The zero-order chi connectivity index (χ0) is 36.5. The summed E-state index contributed by atoms with van der Waals surface area (Å²) in [4.78, 5) is 0. The average Bonchev–Trinajstić information content (AvgIpc) is 3.65.